The van der Waals surface area contributed by atoms with E-state index in [4.69, 9.17) is 61.7 Å². The molecule has 0 bridgehead atoms. The van der Waals surface area contributed by atoms with E-state index in [1.54, 1.807) is 46.9 Å². The summed E-state index contributed by atoms with van der Waals surface area (Å²) in [5.41, 5.74) is 3.64. The number of methoxy groups -OCH3 is 6. The third kappa shape index (κ3) is 9.76. The molecule has 2 N–H and O–H groups in total. The van der Waals surface area contributed by atoms with E-state index in [1.165, 1.54) is 26.4 Å². The lowest BCUT2D eigenvalue weighted by Crippen LogP contribution is -2.29. The van der Waals surface area contributed by atoms with E-state index >= 15 is 0 Å². The molecule has 0 saturated carbocycles. The van der Waals surface area contributed by atoms with Gasteiger partial charge in [-0.25, -0.2) is 19.9 Å². The molecular weight excluding hydrogens is 754 g/mol. The van der Waals surface area contributed by atoms with Crippen LogP contribution in [-0.2, 0) is 0 Å². The van der Waals surface area contributed by atoms with Gasteiger partial charge in [0.15, 0.2) is 0 Å². The van der Waals surface area contributed by atoms with Gasteiger partial charge in [-0.15, -0.1) is 0 Å². The number of hydrogen-bond acceptors (Lipinski definition) is 12. The van der Waals surface area contributed by atoms with Crippen molar-refractivity contribution in [2.75, 3.05) is 42.7 Å². The highest BCUT2D eigenvalue weighted by molar-refractivity contribution is 9.10. The van der Waals surface area contributed by atoms with Crippen LogP contribution in [0.3, 0.4) is 0 Å². The van der Waals surface area contributed by atoms with Gasteiger partial charge in [0.2, 0.25) is 10.6 Å². The number of rotatable bonds is 8. The first-order chi connectivity index (χ1) is 24.0. The van der Waals surface area contributed by atoms with Crippen molar-refractivity contribution in [3.8, 4) is 45.6 Å². The Balaban J connectivity index is 0.000000180. The molecule has 6 rings (SSSR count). The van der Waals surface area contributed by atoms with Crippen LogP contribution in [0.15, 0.2) is 77.5 Å². The van der Waals surface area contributed by atoms with Gasteiger partial charge in [0.25, 0.3) is 0 Å². The topological polar surface area (TPSA) is 147 Å². The molecule has 12 nitrogen and oxygen atoms in total. The minimum absolute atomic E-state index is 0.204. The minimum Gasteiger partial charge on any atom is -0.497 e. The van der Waals surface area contributed by atoms with Crippen molar-refractivity contribution in [3.05, 3.63) is 88.1 Å². The van der Waals surface area contributed by atoms with Crippen LogP contribution in [0.4, 0.5) is 0 Å². The molecule has 0 aliphatic carbocycles. The van der Waals surface area contributed by atoms with E-state index in [1.807, 2.05) is 42.5 Å². The number of nitrogens with zero attached hydrogens (tertiary/aromatic N) is 4. The predicted molar refractivity (Wildman–Crippen MR) is 198 cm³/mol. The summed E-state index contributed by atoms with van der Waals surface area (Å²) in [5, 5.41) is 20.0. The molecule has 0 atom stereocenters. The fourth-order valence-corrected chi connectivity index (χ4v) is 5.34. The molecule has 6 aromatic rings. The average Bonchev–Trinajstić information content (AvgIpc) is 3.13. The molecular formula is C34H32BBrCl2N4O8. The summed E-state index contributed by atoms with van der Waals surface area (Å²) in [7, 11) is 7.95. The number of fused-ring (bicyclic) bond motifs is 2. The highest BCUT2D eigenvalue weighted by Gasteiger charge is 2.14. The molecule has 2 aromatic heterocycles. The highest BCUT2D eigenvalue weighted by atomic mass is 79.9. The van der Waals surface area contributed by atoms with Crippen LogP contribution in [0.25, 0.3) is 32.9 Å². The van der Waals surface area contributed by atoms with Crippen molar-refractivity contribution in [1.29, 1.82) is 0 Å². The van der Waals surface area contributed by atoms with E-state index in [0.29, 0.717) is 34.2 Å². The van der Waals surface area contributed by atoms with Crippen LogP contribution < -0.4 is 33.9 Å². The second-order valence-electron chi connectivity index (χ2n) is 10.1. The SMILES string of the molecule is COc1cc(OC)cc(-c2cc3cnc(Cl)nc3cc2OC)c1.COc1cc(OC)cc(B(O)O)c1.COc1cc2nc(Cl)ncc2cc1Br. The van der Waals surface area contributed by atoms with E-state index in [0.717, 1.165) is 43.2 Å². The Labute approximate surface area is 307 Å². The van der Waals surface area contributed by atoms with Crippen LogP contribution in [-0.4, -0.2) is 79.8 Å². The van der Waals surface area contributed by atoms with Crippen LogP contribution in [0, 0.1) is 0 Å². The Morgan fingerprint density at radius 3 is 1.44 bits per heavy atom. The molecule has 0 amide bonds. The summed E-state index contributed by atoms with van der Waals surface area (Å²) >= 11 is 14.9. The molecule has 0 unspecified atom stereocenters. The zero-order valence-electron chi connectivity index (χ0n) is 27.8. The maximum Gasteiger partial charge on any atom is 0.488 e. The van der Waals surface area contributed by atoms with Crippen molar-refractivity contribution in [1.82, 2.24) is 19.9 Å². The monoisotopic (exact) mass is 784 g/mol. The molecule has 0 fully saturated rings. The first-order valence-electron chi connectivity index (χ1n) is 14.5. The van der Waals surface area contributed by atoms with Crippen molar-refractivity contribution >= 4 is 73.5 Å². The molecule has 50 heavy (non-hydrogen) atoms. The normalized spacial score (nSPS) is 10.3. The van der Waals surface area contributed by atoms with Gasteiger partial charge in [-0.3, -0.25) is 0 Å². The first kappa shape index (κ1) is 38.2. The summed E-state index contributed by atoms with van der Waals surface area (Å²) < 4.78 is 32.1. The van der Waals surface area contributed by atoms with Crippen LogP contribution in [0.5, 0.6) is 34.5 Å². The minimum atomic E-state index is -1.51. The summed E-state index contributed by atoms with van der Waals surface area (Å²) in [6.07, 6.45) is 3.36. The summed E-state index contributed by atoms with van der Waals surface area (Å²) in [6.45, 7) is 0. The Kier molecular flexibility index (Phi) is 13.7. The Morgan fingerprint density at radius 2 is 1.00 bits per heavy atom. The molecule has 0 aliphatic heterocycles. The van der Waals surface area contributed by atoms with Crippen molar-refractivity contribution in [2.45, 2.75) is 0 Å². The van der Waals surface area contributed by atoms with E-state index < -0.39 is 7.12 Å². The number of benzene rings is 4. The molecule has 2 heterocycles. The molecule has 16 heteroatoms. The van der Waals surface area contributed by atoms with Crippen LogP contribution in [0.2, 0.25) is 10.6 Å². The van der Waals surface area contributed by atoms with E-state index in [-0.39, 0.29) is 10.6 Å². The van der Waals surface area contributed by atoms with Gasteiger partial charge in [-0.1, -0.05) is 0 Å². The fourth-order valence-electron chi connectivity index (χ4n) is 4.54. The molecule has 0 spiro atoms. The smallest absolute Gasteiger partial charge is 0.488 e. The number of hydrogen-bond donors (Lipinski definition) is 2. The molecule has 260 valence electrons. The summed E-state index contributed by atoms with van der Waals surface area (Å²) in [5.74, 6) is 3.88. The second-order valence-corrected chi connectivity index (χ2v) is 11.6. The summed E-state index contributed by atoms with van der Waals surface area (Å²) in [6, 6.07) is 17.9. The van der Waals surface area contributed by atoms with Gasteiger partial charge in [0.05, 0.1) is 58.2 Å². The molecule has 0 radical (unpaired) electrons. The van der Waals surface area contributed by atoms with Gasteiger partial charge in [0.1, 0.15) is 34.5 Å². The Morgan fingerprint density at radius 1 is 0.560 bits per heavy atom. The van der Waals surface area contributed by atoms with E-state index in [9.17, 15) is 0 Å². The molecule has 0 saturated heterocycles. The number of aromatic nitrogens is 4. The lowest BCUT2D eigenvalue weighted by molar-refractivity contribution is 0.392. The Hall–Kier alpha value is -4.60. The summed E-state index contributed by atoms with van der Waals surface area (Å²) in [4.78, 5) is 16.2. The second kappa shape index (κ2) is 17.9. The Bertz CT molecular complexity index is 2050. The third-order valence-corrected chi connectivity index (χ3v) is 8.01. The van der Waals surface area contributed by atoms with Gasteiger partial charge in [-0.2, -0.15) is 0 Å². The van der Waals surface area contributed by atoms with Crippen LogP contribution >= 0.6 is 39.1 Å². The van der Waals surface area contributed by atoms with Crippen molar-refractivity contribution in [2.24, 2.45) is 0 Å². The van der Waals surface area contributed by atoms with Crippen LogP contribution in [0.1, 0.15) is 0 Å². The molecule has 0 aliphatic rings. The maximum absolute atomic E-state index is 8.91. The lowest BCUT2D eigenvalue weighted by atomic mass is 9.80. The number of ether oxygens (including phenoxy) is 6. The van der Waals surface area contributed by atoms with Crippen molar-refractivity contribution in [3.63, 3.8) is 0 Å². The first-order valence-corrected chi connectivity index (χ1v) is 16.1. The zero-order valence-corrected chi connectivity index (χ0v) is 30.9. The van der Waals surface area contributed by atoms with E-state index in [2.05, 4.69) is 35.9 Å². The predicted octanol–water partition coefficient (Wildman–Crippen LogP) is 6.41. The lowest BCUT2D eigenvalue weighted by Gasteiger charge is -2.13. The largest absolute Gasteiger partial charge is 0.497 e. The molecule has 4 aromatic carbocycles. The average molecular weight is 786 g/mol. The fraction of sp³-hybridized carbons (Fsp3) is 0.176. The zero-order chi connectivity index (χ0) is 36.4. The standard InChI is InChI=1S/C17H15ClN2O3.C9H6BrClN2O.C8H11BO4/c1-21-12-4-10(5-13(7-12)22-2)14-6-11-9-19-17(18)20-15(11)8-16(14)23-3;1-14-8-3-7-5(2-6(8)10)4-12-9(11)13-7;1-12-7-3-6(9(10)11)4-8(5-7)13-2/h4-9H,1-3H3;2-4H,1H3;3-5,10-11H,1-2H3. The third-order valence-electron chi connectivity index (χ3n) is 7.03. The van der Waals surface area contributed by atoms with Gasteiger partial charge in [-0.05, 0) is 86.6 Å². The highest BCUT2D eigenvalue weighted by Crippen LogP contribution is 2.37. The quantitative estimate of drug-likeness (QED) is 0.130. The maximum atomic E-state index is 8.91. The van der Waals surface area contributed by atoms with Crippen molar-refractivity contribution < 1.29 is 38.5 Å². The van der Waals surface area contributed by atoms with Gasteiger partial charge < -0.3 is 38.5 Å². The van der Waals surface area contributed by atoms with Gasteiger partial charge >= 0.3 is 7.12 Å². The van der Waals surface area contributed by atoms with Gasteiger partial charge in [0, 0.05) is 53.0 Å². The number of halogens is 3.